The monoisotopic (exact) mass is 519 g/mol. The SMILES string of the molecule is CCOC(=O)c1cccc(N2C(=O)/C(=C/c3ccc(-c4ccc(C(=O)OC)cc4)o3)C=C2c2ccccc2)c1. The van der Waals surface area contributed by atoms with Crippen LogP contribution in [0.1, 0.15) is 39.0 Å². The minimum Gasteiger partial charge on any atom is -0.465 e. The molecule has 0 saturated carbocycles. The van der Waals surface area contributed by atoms with E-state index < -0.39 is 11.9 Å². The van der Waals surface area contributed by atoms with Crippen molar-refractivity contribution < 1.29 is 28.3 Å². The van der Waals surface area contributed by atoms with Crippen molar-refractivity contribution in [1.82, 2.24) is 0 Å². The number of rotatable bonds is 7. The molecule has 1 amide bonds. The predicted octanol–water partition coefficient (Wildman–Crippen LogP) is 6.38. The smallest absolute Gasteiger partial charge is 0.338 e. The van der Waals surface area contributed by atoms with Gasteiger partial charge in [0, 0.05) is 11.1 Å². The summed E-state index contributed by atoms with van der Waals surface area (Å²) in [4.78, 5) is 39.4. The van der Waals surface area contributed by atoms with Crippen molar-refractivity contribution >= 4 is 35.3 Å². The van der Waals surface area contributed by atoms with Crippen LogP contribution in [0, 0.1) is 0 Å². The fourth-order valence-electron chi connectivity index (χ4n) is 4.31. The first-order valence-electron chi connectivity index (χ1n) is 12.4. The maximum atomic E-state index is 13.7. The van der Waals surface area contributed by atoms with Crippen LogP contribution in [0.4, 0.5) is 5.69 Å². The van der Waals surface area contributed by atoms with E-state index in [1.807, 2.05) is 36.4 Å². The second-order valence-electron chi connectivity index (χ2n) is 8.68. The molecule has 3 aromatic carbocycles. The molecule has 0 radical (unpaired) electrons. The molecule has 0 aliphatic carbocycles. The molecule has 1 aliphatic rings. The van der Waals surface area contributed by atoms with Crippen LogP contribution in [0.3, 0.4) is 0 Å². The van der Waals surface area contributed by atoms with Gasteiger partial charge < -0.3 is 13.9 Å². The summed E-state index contributed by atoms with van der Waals surface area (Å²) in [6, 6.07) is 26.8. The van der Waals surface area contributed by atoms with Crippen molar-refractivity contribution in [2.45, 2.75) is 6.92 Å². The number of anilines is 1. The van der Waals surface area contributed by atoms with Gasteiger partial charge in [-0.15, -0.1) is 0 Å². The number of ether oxygens (including phenoxy) is 2. The summed E-state index contributed by atoms with van der Waals surface area (Å²) in [5.41, 5.74) is 4.09. The van der Waals surface area contributed by atoms with Crippen molar-refractivity contribution in [2.24, 2.45) is 0 Å². The highest BCUT2D eigenvalue weighted by molar-refractivity contribution is 6.23. The van der Waals surface area contributed by atoms with Gasteiger partial charge in [0.2, 0.25) is 0 Å². The van der Waals surface area contributed by atoms with E-state index in [1.54, 1.807) is 78.6 Å². The topological polar surface area (TPSA) is 86.0 Å². The van der Waals surface area contributed by atoms with Gasteiger partial charge >= 0.3 is 11.9 Å². The van der Waals surface area contributed by atoms with E-state index >= 15 is 0 Å². The normalized spacial score (nSPS) is 13.9. The molecule has 7 nitrogen and oxygen atoms in total. The highest BCUT2D eigenvalue weighted by Gasteiger charge is 2.31. The summed E-state index contributed by atoms with van der Waals surface area (Å²) in [5, 5.41) is 0. The highest BCUT2D eigenvalue weighted by atomic mass is 16.5. The Morgan fingerprint density at radius 3 is 2.33 bits per heavy atom. The maximum Gasteiger partial charge on any atom is 0.338 e. The molecule has 2 heterocycles. The molecular weight excluding hydrogens is 494 g/mol. The van der Waals surface area contributed by atoms with Gasteiger partial charge in [-0.1, -0.05) is 48.5 Å². The molecule has 0 saturated heterocycles. The molecule has 39 heavy (non-hydrogen) atoms. The summed E-state index contributed by atoms with van der Waals surface area (Å²) < 4.78 is 15.9. The molecule has 4 aromatic rings. The summed E-state index contributed by atoms with van der Waals surface area (Å²) >= 11 is 0. The molecule has 0 unspecified atom stereocenters. The predicted molar refractivity (Wildman–Crippen MR) is 148 cm³/mol. The van der Waals surface area contributed by atoms with Crippen LogP contribution < -0.4 is 4.90 Å². The standard InChI is InChI=1S/C32H25NO6/c1-3-38-32(36)24-10-7-11-26(18-24)33-28(21-8-5-4-6-9-21)20-25(30(33)34)19-27-16-17-29(39-27)22-12-14-23(15-13-22)31(35)37-2/h4-20H,3H2,1-2H3/b25-19+. The molecule has 1 aliphatic heterocycles. The van der Waals surface area contributed by atoms with Crippen LogP contribution in [-0.4, -0.2) is 31.6 Å². The van der Waals surface area contributed by atoms with Crippen molar-refractivity contribution in [2.75, 3.05) is 18.6 Å². The zero-order valence-corrected chi connectivity index (χ0v) is 21.4. The molecule has 0 bridgehead atoms. The quantitative estimate of drug-likeness (QED) is 0.208. The number of methoxy groups -OCH3 is 1. The first-order chi connectivity index (χ1) is 19.0. The summed E-state index contributed by atoms with van der Waals surface area (Å²) in [6.07, 6.45) is 3.49. The second-order valence-corrected chi connectivity index (χ2v) is 8.68. The Kier molecular flexibility index (Phi) is 7.23. The molecule has 0 atom stereocenters. The third kappa shape index (κ3) is 5.29. The molecule has 0 N–H and O–H groups in total. The third-order valence-electron chi connectivity index (χ3n) is 6.18. The molecule has 1 aromatic heterocycles. The van der Waals surface area contributed by atoms with E-state index in [9.17, 15) is 14.4 Å². The average molecular weight is 520 g/mol. The van der Waals surface area contributed by atoms with Crippen LogP contribution in [0.15, 0.2) is 107 Å². The number of amides is 1. The lowest BCUT2D eigenvalue weighted by atomic mass is 10.1. The van der Waals surface area contributed by atoms with Gasteiger partial charge in [-0.05, 0) is 67.1 Å². The largest absolute Gasteiger partial charge is 0.465 e. The Hall–Kier alpha value is -5.17. The van der Waals surface area contributed by atoms with Gasteiger partial charge in [0.1, 0.15) is 11.5 Å². The van der Waals surface area contributed by atoms with Crippen LogP contribution in [0.5, 0.6) is 0 Å². The fraction of sp³-hybridized carbons (Fsp3) is 0.0938. The van der Waals surface area contributed by atoms with Gasteiger partial charge in [-0.3, -0.25) is 9.69 Å². The second kappa shape index (κ2) is 11.1. The minimum atomic E-state index is -0.449. The fourth-order valence-corrected chi connectivity index (χ4v) is 4.31. The molecule has 0 fully saturated rings. The third-order valence-corrected chi connectivity index (χ3v) is 6.18. The van der Waals surface area contributed by atoms with Gasteiger partial charge in [0.05, 0.1) is 36.2 Å². The molecule has 7 heteroatoms. The molecule has 194 valence electrons. The van der Waals surface area contributed by atoms with E-state index in [2.05, 4.69) is 0 Å². The Labute approximate surface area is 225 Å². The first-order valence-corrected chi connectivity index (χ1v) is 12.4. The first kappa shape index (κ1) is 25.5. The summed E-state index contributed by atoms with van der Waals surface area (Å²) in [5.74, 6) is -0.0272. The highest BCUT2D eigenvalue weighted by Crippen LogP contribution is 2.36. The Morgan fingerprint density at radius 2 is 1.62 bits per heavy atom. The van der Waals surface area contributed by atoms with E-state index in [0.29, 0.717) is 39.6 Å². The van der Waals surface area contributed by atoms with Crippen LogP contribution in [0.2, 0.25) is 0 Å². The zero-order valence-electron chi connectivity index (χ0n) is 21.4. The Morgan fingerprint density at radius 1 is 0.846 bits per heavy atom. The average Bonchev–Trinajstić information content (AvgIpc) is 3.58. The van der Waals surface area contributed by atoms with Crippen LogP contribution in [0.25, 0.3) is 23.1 Å². The lowest BCUT2D eigenvalue weighted by Gasteiger charge is -2.21. The number of carbonyl (C=O) groups is 3. The van der Waals surface area contributed by atoms with Crippen LogP contribution >= 0.6 is 0 Å². The van der Waals surface area contributed by atoms with Gasteiger partial charge in [0.25, 0.3) is 5.91 Å². The number of carbonyl (C=O) groups excluding carboxylic acids is 3. The number of hydrogen-bond acceptors (Lipinski definition) is 6. The van der Waals surface area contributed by atoms with Crippen molar-refractivity contribution in [3.8, 4) is 11.3 Å². The van der Waals surface area contributed by atoms with Gasteiger partial charge in [-0.25, -0.2) is 9.59 Å². The van der Waals surface area contributed by atoms with E-state index in [4.69, 9.17) is 13.9 Å². The Bertz CT molecular complexity index is 1600. The molecule has 5 rings (SSSR count). The van der Waals surface area contributed by atoms with Crippen molar-refractivity contribution in [3.63, 3.8) is 0 Å². The maximum absolute atomic E-state index is 13.7. The van der Waals surface area contributed by atoms with Gasteiger partial charge in [0.15, 0.2) is 0 Å². The van der Waals surface area contributed by atoms with Crippen molar-refractivity contribution in [1.29, 1.82) is 0 Å². The number of furan rings is 1. The molecular formula is C32H25NO6. The van der Waals surface area contributed by atoms with E-state index in [1.165, 1.54) is 7.11 Å². The van der Waals surface area contributed by atoms with Crippen molar-refractivity contribution in [3.05, 3.63) is 125 Å². The lowest BCUT2D eigenvalue weighted by molar-refractivity contribution is -0.113. The number of hydrogen-bond donors (Lipinski definition) is 0. The number of esters is 2. The van der Waals surface area contributed by atoms with Crippen LogP contribution in [-0.2, 0) is 14.3 Å². The van der Waals surface area contributed by atoms with E-state index in [-0.39, 0.29) is 12.5 Å². The zero-order chi connectivity index (χ0) is 27.4. The van der Waals surface area contributed by atoms with E-state index in [0.717, 1.165) is 11.1 Å². The Balaban J connectivity index is 1.49. The minimum absolute atomic E-state index is 0.254. The summed E-state index contributed by atoms with van der Waals surface area (Å²) in [6.45, 7) is 2.00. The summed E-state index contributed by atoms with van der Waals surface area (Å²) in [7, 11) is 1.34. The number of nitrogens with zero attached hydrogens (tertiary/aromatic N) is 1. The molecule has 0 spiro atoms. The van der Waals surface area contributed by atoms with Gasteiger partial charge in [-0.2, -0.15) is 0 Å². The lowest BCUT2D eigenvalue weighted by Crippen LogP contribution is -2.25. The number of benzene rings is 3.